The average molecular weight is 384 g/mol. The number of carbonyl (C=O) groups excluding carboxylic acids is 1. The predicted molar refractivity (Wildman–Crippen MR) is 102 cm³/mol. The number of methoxy groups -OCH3 is 1. The zero-order chi connectivity index (χ0) is 20.1. The molecule has 0 amide bonds. The molecule has 0 saturated carbocycles. The quantitative estimate of drug-likeness (QED) is 0.509. The molecule has 0 N–H and O–H groups in total. The Hall–Kier alpha value is -1.86. The third-order valence-corrected chi connectivity index (χ3v) is 5.43. The molecule has 6 nitrogen and oxygen atoms in total. The maximum absolute atomic E-state index is 13.2. The van der Waals surface area contributed by atoms with Gasteiger partial charge in [-0.05, 0) is 51.0 Å². The van der Waals surface area contributed by atoms with E-state index < -0.39 is 27.6 Å². The Morgan fingerprint density at radius 3 is 2.15 bits per heavy atom. The monoisotopic (exact) mass is 383 g/mol. The van der Waals surface area contributed by atoms with Gasteiger partial charge < -0.3 is 9.47 Å². The molecule has 0 radical (unpaired) electrons. The third-order valence-electron chi connectivity index (χ3n) is 3.57. The first-order valence-electron chi connectivity index (χ1n) is 8.43. The second kappa shape index (κ2) is 8.68. The van der Waals surface area contributed by atoms with Gasteiger partial charge in [-0.3, -0.25) is 4.79 Å². The minimum atomic E-state index is -3.93. The second-order valence-electron chi connectivity index (χ2n) is 7.26. The molecule has 0 aliphatic carbocycles. The Morgan fingerprint density at radius 2 is 1.77 bits per heavy atom. The lowest BCUT2D eigenvalue weighted by molar-refractivity contribution is -0.161. The first-order chi connectivity index (χ1) is 11.9. The molecule has 1 rings (SSSR count). The number of ether oxygens (including phenoxy) is 2. The molecule has 0 unspecified atom stereocenters. The Kier molecular flexibility index (Phi) is 7.41. The summed E-state index contributed by atoms with van der Waals surface area (Å²) in [5.74, 6) is -0.309. The van der Waals surface area contributed by atoms with Crippen LogP contribution in [0.1, 0.15) is 34.6 Å². The van der Waals surface area contributed by atoms with Crippen LogP contribution in [0.15, 0.2) is 41.8 Å². The lowest BCUT2D eigenvalue weighted by atomic mass is 10.0. The first kappa shape index (κ1) is 22.2. The smallest absolute Gasteiger partial charge is 0.325 e. The molecule has 0 bridgehead atoms. The molecule has 7 heteroatoms. The number of hydrogen-bond acceptors (Lipinski definition) is 5. The van der Waals surface area contributed by atoms with Crippen molar-refractivity contribution >= 4 is 16.0 Å². The highest BCUT2D eigenvalue weighted by molar-refractivity contribution is 7.89. The van der Waals surface area contributed by atoms with E-state index in [1.807, 2.05) is 0 Å². The van der Waals surface area contributed by atoms with Gasteiger partial charge in [-0.2, -0.15) is 4.31 Å². The summed E-state index contributed by atoms with van der Waals surface area (Å²) in [7, 11) is -2.42. The van der Waals surface area contributed by atoms with Crippen LogP contribution in [-0.4, -0.2) is 44.0 Å². The number of esters is 1. The van der Waals surface area contributed by atoms with Crippen molar-refractivity contribution in [2.24, 2.45) is 5.92 Å². The summed E-state index contributed by atoms with van der Waals surface area (Å²) in [4.78, 5) is 12.8. The SMILES string of the molecule is C=CCN([C@@H](C(=O)OC(C)(C)C)C(C)C)S(=O)(=O)c1ccc(OC)cc1. The molecule has 0 saturated heterocycles. The number of sulfonamides is 1. The van der Waals surface area contributed by atoms with E-state index in [1.165, 1.54) is 25.3 Å². The van der Waals surface area contributed by atoms with E-state index in [-0.39, 0.29) is 17.4 Å². The van der Waals surface area contributed by atoms with E-state index in [0.29, 0.717) is 5.75 Å². The van der Waals surface area contributed by atoms with E-state index in [2.05, 4.69) is 6.58 Å². The molecule has 1 aromatic carbocycles. The van der Waals surface area contributed by atoms with Gasteiger partial charge in [0.1, 0.15) is 17.4 Å². The Bertz CT molecular complexity index is 717. The minimum absolute atomic E-state index is 0.00352. The van der Waals surface area contributed by atoms with Crippen LogP contribution in [-0.2, 0) is 19.6 Å². The molecule has 0 fully saturated rings. The normalized spacial score (nSPS) is 13.5. The average Bonchev–Trinajstić information content (AvgIpc) is 2.52. The number of nitrogens with zero attached hydrogens (tertiary/aromatic N) is 1. The van der Waals surface area contributed by atoms with Gasteiger partial charge in [0, 0.05) is 6.54 Å². The second-order valence-corrected chi connectivity index (χ2v) is 9.15. The van der Waals surface area contributed by atoms with Crippen molar-refractivity contribution in [1.29, 1.82) is 0 Å². The van der Waals surface area contributed by atoms with Crippen molar-refractivity contribution < 1.29 is 22.7 Å². The molecule has 0 heterocycles. The molecular formula is C19H29NO5S. The number of benzene rings is 1. The molecule has 0 aliphatic rings. The molecule has 1 aromatic rings. The van der Waals surface area contributed by atoms with Crippen molar-refractivity contribution in [2.45, 2.75) is 51.2 Å². The van der Waals surface area contributed by atoms with Gasteiger partial charge in [0.05, 0.1) is 12.0 Å². The summed E-state index contributed by atoms with van der Waals surface area (Å²) in [6, 6.07) is 5.08. The molecule has 1 atom stereocenters. The topological polar surface area (TPSA) is 72.9 Å². The fourth-order valence-electron chi connectivity index (χ4n) is 2.46. The summed E-state index contributed by atoms with van der Waals surface area (Å²) >= 11 is 0. The van der Waals surface area contributed by atoms with Crippen LogP contribution < -0.4 is 4.74 Å². The number of hydrogen-bond donors (Lipinski definition) is 0. The van der Waals surface area contributed by atoms with Gasteiger partial charge in [-0.1, -0.05) is 19.9 Å². The highest BCUT2D eigenvalue weighted by Gasteiger charge is 2.39. The van der Waals surface area contributed by atoms with E-state index in [0.717, 1.165) is 4.31 Å². The largest absolute Gasteiger partial charge is 0.497 e. The van der Waals surface area contributed by atoms with Gasteiger partial charge >= 0.3 is 5.97 Å². The zero-order valence-corrected chi connectivity index (χ0v) is 17.2. The van der Waals surface area contributed by atoms with Gasteiger partial charge in [0.15, 0.2) is 0 Å². The van der Waals surface area contributed by atoms with Gasteiger partial charge in [0.2, 0.25) is 10.0 Å². The highest BCUT2D eigenvalue weighted by atomic mass is 32.2. The molecule has 146 valence electrons. The standard InChI is InChI=1S/C19H29NO5S/c1-8-13-20(17(14(2)3)18(21)25-19(4,5)6)26(22,23)16-11-9-15(24-7)10-12-16/h8-12,14,17H,1,13H2,2-7H3/t17-/m1/s1. The summed E-state index contributed by atoms with van der Waals surface area (Å²) in [6.45, 7) is 12.4. The van der Waals surface area contributed by atoms with Gasteiger partial charge in [-0.15, -0.1) is 6.58 Å². The maximum atomic E-state index is 13.2. The van der Waals surface area contributed by atoms with E-state index in [9.17, 15) is 13.2 Å². The Labute approximate surface area is 156 Å². The lowest BCUT2D eigenvalue weighted by Gasteiger charge is -2.33. The van der Waals surface area contributed by atoms with Crippen molar-refractivity contribution in [3.05, 3.63) is 36.9 Å². The lowest BCUT2D eigenvalue weighted by Crippen LogP contribution is -2.50. The summed E-state index contributed by atoms with van der Waals surface area (Å²) < 4.78 is 38.0. The first-order valence-corrected chi connectivity index (χ1v) is 9.87. The molecular weight excluding hydrogens is 354 g/mol. The molecule has 0 aliphatic heterocycles. The van der Waals surface area contributed by atoms with Crippen LogP contribution >= 0.6 is 0 Å². The molecule has 0 spiro atoms. The van der Waals surface area contributed by atoms with Crippen molar-refractivity contribution in [2.75, 3.05) is 13.7 Å². The predicted octanol–water partition coefficient (Wildman–Crippen LogP) is 3.24. The van der Waals surface area contributed by atoms with Crippen LogP contribution in [0, 0.1) is 5.92 Å². The van der Waals surface area contributed by atoms with Crippen molar-refractivity contribution in [3.8, 4) is 5.75 Å². The van der Waals surface area contributed by atoms with Crippen LogP contribution in [0.4, 0.5) is 0 Å². The Balaban J connectivity index is 3.35. The minimum Gasteiger partial charge on any atom is -0.497 e. The van der Waals surface area contributed by atoms with Crippen LogP contribution in [0.25, 0.3) is 0 Å². The summed E-state index contributed by atoms with van der Waals surface area (Å²) in [5.41, 5.74) is -0.714. The Morgan fingerprint density at radius 1 is 1.23 bits per heavy atom. The van der Waals surface area contributed by atoms with Gasteiger partial charge in [-0.25, -0.2) is 8.42 Å². The highest BCUT2D eigenvalue weighted by Crippen LogP contribution is 2.25. The maximum Gasteiger partial charge on any atom is 0.325 e. The molecule has 26 heavy (non-hydrogen) atoms. The van der Waals surface area contributed by atoms with Crippen LogP contribution in [0.3, 0.4) is 0 Å². The van der Waals surface area contributed by atoms with Gasteiger partial charge in [0.25, 0.3) is 0 Å². The van der Waals surface area contributed by atoms with Crippen LogP contribution in [0.5, 0.6) is 5.75 Å². The van der Waals surface area contributed by atoms with Crippen LogP contribution in [0.2, 0.25) is 0 Å². The van der Waals surface area contributed by atoms with Crippen molar-refractivity contribution in [3.63, 3.8) is 0 Å². The fourth-order valence-corrected chi connectivity index (χ4v) is 4.14. The fraction of sp³-hybridized carbons (Fsp3) is 0.526. The van der Waals surface area contributed by atoms with E-state index in [1.54, 1.807) is 46.8 Å². The number of rotatable bonds is 8. The van der Waals surface area contributed by atoms with E-state index >= 15 is 0 Å². The third kappa shape index (κ3) is 5.57. The van der Waals surface area contributed by atoms with Crippen molar-refractivity contribution in [1.82, 2.24) is 4.31 Å². The summed E-state index contributed by atoms with van der Waals surface area (Å²) in [6.07, 6.45) is 1.46. The molecule has 0 aromatic heterocycles. The summed E-state index contributed by atoms with van der Waals surface area (Å²) in [5, 5.41) is 0. The van der Waals surface area contributed by atoms with E-state index in [4.69, 9.17) is 9.47 Å². The zero-order valence-electron chi connectivity index (χ0n) is 16.4. The number of carbonyl (C=O) groups is 1.